The van der Waals surface area contributed by atoms with Gasteiger partial charge in [-0.25, -0.2) is 0 Å². The molecule has 1 aromatic carbocycles. The van der Waals surface area contributed by atoms with Gasteiger partial charge in [-0.05, 0) is 24.1 Å². The van der Waals surface area contributed by atoms with Crippen molar-refractivity contribution in [1.82, 2.24) is 0 Å². The number of hydrogen-bond acceptors (Lipinski definition) is 2. The van der Waals surface area contributed by atoms with Gasteiger partial charge < -0.3 is 10.4 Å². The van der Waals surface area contributed by atoms with E-state index in [2.05, 4.69) is 5.32 Å². The van der Waals surface area contributed by atoms with E-state index in [9.17, 15) is 4.79 Å². The van der Waals surface area contributed by atoms with Gasteiger partial charge in [0.1, 0.15) is 6.54 Å². The molecule has 1 atom stereocenters. The monoisotopic (exact) mass is 227 g/mol. The van der Waals surface area contributed by atoms with Crippen LogP contribution in [0.15, 0.2) is 24.3 Å². The number of nitrogens with one attached hydrogen (secondary N) is 1. The van der Waals surface area contributed by atoms with Crippen molar-refractivity contribution in [2.45, 2.75) is 18.7 Å². The van der Waals surface area contributed by atoms with Crippen LogP contribution in [0.3, 0.4) is 0 Å². The van der Waals surface area contributed by atoms with E-state index in [0.29, 0.717) is 0 Å². The average Bonchev–Trinajstić information content (AvgIpc) is 2.26. The Morgan fingerprint density at radius 2 is 2.07 bits per heavy atom. The molecule has 0 saturated carbocycles. The van der Waals surface area contributed by atoms with E-state index in [4.69, 9.17) is 16.7 Å². The molecule has 0 fully saturated rings. The fourth-order valence-electron chi connectivity index (χ4n) is 1.22. The average molecular weight is 228 g/mol. The normalized spacial score (nSPS) is 12.1. The molecule has 82 valence electrons. The second kappa shape index (κ2) is 5.61. The summed E-state index contributed by atoms with van der Waals surface area (Å²) in [7, 11) is 0. The molecular formula is C11H14ClNO2. The van der Waals surface area contributed by atoms with Gasteiger partial charge in [-0.15, -0.1) is 11.6 Å². The molecule has 0 aliphatic carbocycles. The maximum absolute atomic E-state index is 10.3. The van der Waals surface area contributed by atoms with Crippen LogP contribution in [0.25, 0.3) is 0 Å². The van der Waals surface area contributed by atoms with Crippen LogP contribution in [0.5, 0.6) is 0 Å². The number of alkyl halides is 1. The molecule has 0 aliphatic heterocycles. The zero-order valence-corrected chi connectivity index (χ0v) is 9.29. The molecule has 0 bridgehead atoms. The van der Waals surface area contributed by atoms with E-state index < -0.39 is 5.97 Å². The third-order valence-corrected chi connectivity index (χ3v) is 2.64. The van der Waals surface area contributed by atoms with Gasteiger partial charge in [-0.2, -0.15) is 0 Å². The summed E-state index contributed by atoms with van der Waals surface area (Å²) in [6, 6.07) is 7.49. The first-order valence-electron chi connectivity index (χ1n) is 4.83. The topological polar surface area (TPSA) is 49.3 Å². The Balaban J connectivity index is 2.60. The van der Waals surface area contributed by atoms with Gasteiger partial charge in [0.2, 0.25) is 0 Å². The highest BCUT2D eigenvalue weighted by molar-refractivity contribution is 6.20. The van der Waals surface area contributed by atoms with E-state index in [1.807, 2.05) is 31.2 Å². The number of hydrogen-bond donors (Lipinski definition) is 2. The van der Waals surface area contributed by atoms with Crippen LogP contribution < -0.4 is 5.32 Å². The smallest absolute Gasteiger partial charge is 0.322 e. The van der Waals surface area contributed by atoms with Crippen LogP contribution in [0.1, 0.15) is 24.3 Å². The Kier molecular flexibility index (Phi) is 4.43. The number of aliphatic carboxylic acids is 1. The maximum Gasteiger partial charge on any atom is 0.322 e. The van der Waals surface area contributed by atoms with Crippen molar-refractivity contribution in [2.24, 2.45) is 0 Å². The molecular weight excluding hydrogens is 214 g/mol. The Labute approximate surface area is 94.1 Å². The van der Waals surface area contributed by atoms with Crippen molar-refractivity contribution in [3.63, 3.8) is 0 Å². The first-order valence-corrected chi connectivity index (χ1v) is 5.26. The van der Waals surface area contributed by atoms with Crippen molar-refractivity contribution in [2.75, 3.05) is 11.9 Å². The highest BCUT2D eigenvalue weighted by Gasteiger charge is 2.04. The molecule has 0 heterocycles. The summed E-state index contributed by atoms with van der Waals surface area (Å²) in [5.41, 5.74) is 1.85. The second-order valence-electron chi connectivity index (χ2n) is 3.25. The van der Waals surface area contributed by atoms with E-state index in [0.717, 1.165) is 17.7 Å². The van der Waals surface area contributed by atoms with Crippen LogP contribution in [0, 0.1) is 0 Å². The van der Waals surface area contributed by atoms with Crippen LogP contribution in [0.4, 0.5) is 5.69 Å². The molecule has 15 heavy (non-hydrogen) atoms. The number of rotatable bonds is 5. The Morgan fingerprint density at radius 1 is 1.47 bits per heavy atom. The third-order valence-electron chi connectivity index (χ3n) is 2.07. The molecule has 3 nitrogen and oxygen atoms in total. The first-order chi connectivity index (χ1) is 7.13. The molecule has 0 spiro atoms. The molecule has 0 radical (unpaired) electrons. The number of halogens is 1. The molecule has 0 amide bonds. The minimum atomic E-state index is -0.872. The minimum Gasteiger partial charge on any atom is -0.480 e. The highest BCUT2D eigenvalue weighted by atomic mass is 35.5. The molecule has 1 rings (SSSR count). The number of carboxylic acids is 1. The zero-order valence-electron chi connectivity index (χ0n) is 8.53. The number of anilines is 1. The van der Waals surface area contributed by atoms with Gasteiger partial charge in [0, 0.05) is 5.69 Å². The van der Waals surface area contributed by atoms with Gasteiger partial charge in [0.15, 0.2) is 0 Å². The van der Waals surface area contributed by atoms with Gasteiger partial charge in [-0.3, -0.25) is 4.79 Å². The largest absolute Gasteiger partial charge is 0.480 e. The van der Waals surface area contributed by atoms with Crippen molar-refractivity contribution < 1.29 is 9.90 Å². The summed E-state index contributed by atoms with van der Waals surface area (Å²) in [6.07, 6.45) is 0.878. The minimum absolute atomic E-state index is 0.0264. The third kappa shape index (κ3) is 3.80. The van der Waals surface area contributed by atoms with Crippen molar-refractivity contribution in [1.29, 1.82) is 0 Å². The number of benzene rings is 1. The summed E-state index contributed by atoms with van der Waals surface area (Å²) < 4.78 is 0. The highest BCUT2D eigenvalue weighted by Crippen LogP contribution is 2.24. The lowest BCUT2D eigenvalue weighted by Crippen LogP contribution is -2.12. The van der Waals surface area contributed by atoms with E-state index in [1.54, 1.807) is 0 Å². The molecule has 1 unspecified atom stereocenters. The Hall–Kier alpha value is -1.22. The molecule has 2 N–H and O–H groups in total. The fourth-order valence-corrected chi connectivity index (χ4v) is 1.37. The number of carboxylic acid groups (broad SMARTS) is 1. The summed E-state index contributed by atoms with van der Waals surface area (Å²) in [6.45, 7) is 1.95. The predicted octanol–water partition coefficient (Wildman–Crippen LogP) is 2.87. The second-order valence-corrected chi connectivity index (χ2v) is 3.77. The van der Waals surface area contributed by atoms with Crippen LogP contribution in [-0.2, 0) is 4.79 Å². The molecule has 1 aromatic rings. The first kappa shape index (κ1) is 11.9. The molecule has 4 heteroatoms. The molecule has 0 aliphatic rings. The Morgan fingerprint density at radius 3 is 2.53 bits per heavy atom. The fraction of sp³-hybridized carbons (Fsp3) is 0.364. The quantitative estimate of drug-likeness (QED) is 0.761. The lowest BCUT2D eigenvalue weighted by atomic mass is 10.1. The van der Waals surface area contributed by atoms with Gasteiger partial charge in [-0.1, -0.05) is 19.1 Å². The summed E-state index contributed by atoms with van der Waals surface area (Å²) >= 11 is 6.06. The van der Waals surface area contributed by atoms with Gasteiger partial charge >= 0.3 is 5.97 Å². The summed E-state index contributed by atoms with van der Waals surface area (Å²) in [5.74, 6) is -0.872. The summed E-state index contributed by atoms with van der Waals surface area (Å²) in [4.78, 5) is 10.3. The number of carbonyl (C=O) groups is 1. The van der Waals surface area contributed by atoms with Crippen LogP contribution in [0.2, 0.25) is 0 Å². The van der Waals surface area contributed by atoms with Crippen molar-refractivity contribution in [3.05, 3.63) is 29.8 Å². The van der Waals surface area contributed by atoms with Crippen molar-refractivity contribution >= 4 is 23.3 Å². The van der Waals surface area contributed by atoms with Gasteiger partial charge in [0.25, 0.3) is 0 Å². The van der Waals surface area contributed by atoms with E-state index in [-0.39, 0.29) is 11.9 Å². The van der Waals surface area contributed by atoms with Gasteiger partial charge in [0.05, 0.1) is 5.38 Å². The standard InChI is InChI=1S/C11H14ClNO2/c1-2-10(12)8-3-5-9(6-4-8)13-7-11(14)15/h3-6,10,13H,2,7H2,1H3,(H,14,15). The zero-order chi connectivity index (χ0) is 11.3. The van der Waals surface area contributed by atoms with Crippen LogP contribution >= 0.6 is 11.6 Å². The summed E-state index contributed by atoms with van der Waals surface area (Å²) in [5, 5.41) is 11.3. The van der Waals surface area contributed by atoms with E-state index >= 15 is 0 Å². The SMILES string of the molecule is CCC(Cl)c1ccc(NCC(=O)O)cc1. The van der Waals surface area contributed by atoms with Crippen molar-refractivity contribution in [3.8, 4) is 0 Å². The maximum atomic E-state index is 10.3. The van der Waals surface area contributed by atoms with E-state index in [1.165, 1.54) is 0 Å². The lowest BCUT2D eigenvalue weighted by molar-refractivity contribution is -0.134. The lowest BCUT2D eigenvalue weighted by Gasteiger charge is -2.08. The van der Waals surface area contributed by atoms with Crippen LogP contribution in [-0.4, -0.2) is 17.6 Å². The molecule has 0 aromatic heterocycles. The predicted molar refractivity (Wildman–Crippen MR) is 61.5 cm³/mol. The molecule has 0 saturated heterocycles. The Bertz CT molecular complexity index is 324.